The quantitative estimate of drug-likeness (QED) is 0.444. The average molecular weight is 417 g/mol. The summed E-state index contributed by atoms with van der Waals surface area (Å²) in [5, 5.41) is 0. The first-order valence-electron chi connectivity index (χ1n) is 9.92. The average Bonchev–Trinajstić information content (AvgIpc) is 3.20. The monoisotopic (exact) mass is 417 g/mol. The molecular weight excluding hydrogens is 397 g/mol. The van der Waals surface area contributed by atoms with Crippen molar-refractivity contribution < 1.29 is 23.5 Å². The first-order valence-corrected chi connectivity index (χ1v) is 9.92. The van der Waals surface area contributed by atoms with E-state index in [-0.39, 0.29) is 31.3 Å². The van der Waals surface area contributed by atoms with E-state index in [4.69, 9.17) is 4.74 Å². The maximum Gasteiger partial charge on any atom is 0.311 e. The number of anilines is 1. The van der Waals surface area contributed by atoms with Crippen LogP contribution in [0, 0.1) is 11.7 Å². The van der Waals surface area contributed by atoms with Crippen LogP contribution in [0.4, 0.5) is 10.1 Å². The summed E-state index contributed by atoms with van der Waals surface area (Å²) in [6.45, 7) is -0.242. The van der Waals surface area contributed by atoms with Crippen molar-refractivity contribution in [3.63, 3.8) is 0 Å². The van der Waals surface area contributed by atoms with E-state index >= 15 is 0 Å². The molecule has 0 radical (unpaired) electrons. The minimum absolute atomic E-state index is 0.00380. The zero-order chi connectivity index (χ0) is 21.8. The minimum Gasteiger partial charge on any atom is -0.457 e. The van der Waals surface area contributed by atoms with Crippen molar-refractivity contribution in [3.8, 4) is 11.1 Å². The first kappa shape index (κ1) is 20.5. The zero-order valence-corrected chi connectivity index (χ0v) is 16.7. The van der Waals surface area contributed by atoms with E-state index in [1.54, 1.807) is 12.1 Å². The van der Waals surface area contributed by atoms with E-state index < -0.39 is 17.7 Å². The van der Waals surface area contributed by atoms with Gasteiger partial charge in [-0.05, 0) is 35.4 Å². The maximum atomic E-state index is 13.1. The number of Topliss-reactive ketones (excluding diaryl/α,β-unsaturated/α-hetero) is 1. The summed E-state index contributed by atoms with van der Waals surface area (Å²) in [4.78, 5) is 38.5. The fourth-order valence-electron chi connectivity index (χ4n) is 3.55. The Bertz CT molecular complexity index is 1090. The lowest BCUT2D eigenvalue weighted by molar-refractivity contribution is -0.147. The molecule has 0 bridgehead atoms. The molecule has 1 saturated heterocycles. The van der Waals surface area contributed by atoms with Crippen LogP contribution >= 0.6 is 0 Å². The topological polar surface area (TPSA) is 63.7 Å². The summed E-state index contributed by atoms with van der Waals surface area (Å²) in [6, 6.07) is 22.4. The molecule has 3 aromatic carbocycles. The number of rotatable bonds is 6. The predicted molar refractivity (Wildman–Crippen MR) is 114 cm³/mol. The fourth-order valence-corrected chi connectivity index (χ4v) is 3.55. The van der Waals surface area contributed by atoms with Crippen molar-refractivity contribution in [2.75, 3.05) is 18.1 Å². The van der Waals surface area contributed by atoms with Gasteiger partial charge < -0.3 is 9.64 Å². The van der Waals surface area contributed by atoms with E-state index in [2.05, 4.69) is 0 Å². The molecular formula is C25H20FNO4. The molecule has 4 rings (SSSR count). The Morgan fingerprint density at radius 2 is 1.55 bits per heavy atom. The normalized spacial score (nSPS) is 15.7. The van der Waals surface area contributed by atoms with Gasteiger partial charge in [0.2, 0.25) is 5.91 Å². The van der Waals surface area contributed by atoms with Gasteiger partial charge in [0, 0.05) is 24.2 Å². The van der Waals surface area contributed by atoms with Crippen LogP contribution < -0.4 is 4.90 Å². The Morgan fingerprint density at radius 1 is 0.903 bits per heavy atom. The standard InChI is InChI=1S/C25H20FNO4/c26-21-10-12-22(13-11-21)27-15-20(14-24(27)29)25(30)31-16-23(28)19-8-6-18(7-9-19)17-4-2-1-3-5-17/h1-13,20H,14-16H2/t20-/m0/s1. The van der Waals surface area contributed by atoms with Gasteiger partial charge in [0.1, 0.15) is 5.82 Å². The minimum atomic E-state index is -0.661. The maximum absolute atomic E-state index is 13.1. The summed E-state index contributed by atoms with van der Waals surface area (Å²) in [6.07, 6.45) is -0.00380. The number of esters is 1. The van der Waals surface area contributed by atoms with Crippen LogP contribution in [-0.2, 0) is 14.3 Å². The Balaban J connectivity index is 1.33. The molecule has 0 aromatic heterocycles. The molecule has 0 aliphatic carbocycles. The number of hydrogen-bond acceptors (Lipinski definition) is 4. The molecule has 0 unspecified atom stereocenters. The Morgan fingerprint density at radius 3 is 2.23 bits per heavy atom. The van der Waals surface area contributed by atoms with Gasteiger partial charge in [-0.25, -0.2) is 4.39 Å². The second-order valence-electron chi connectivity index (χ2n) is 7.36. The number of halogens is 1. The van der Waals surface area contributed by atoms with Crippen molar-refractivity contribution in [1.82, 2.24) is 0 Å². The number of nitrogens with zero attached hydrogens (tertiary/aromatic N) is 1. The number of benzene rings is 3. The van der Waals surface area contributed by atoms with Gasteiger partial charge in [0.25, 0.3) is 0 Å². The van der Waals surface area contributed by atoms with Crippen molar-refractivity contribution in [2.45, 2.75) is 6.42 Å². The number of carbonyl (C=O) groups is 3. The summed E-state index contributed by atoms with van der Waals surface area (Å²) in [5.74, 6) is -2.20. The molecule has 31 heavy (non-hydrogen) atoms. The SMILES string of the molecule is O=C(COC(=O)[C@H]1CC(=O)N(c2ccc(F)cc2)C1)c1ccc(-c2ccccc2)cc1. The highest BCUT2D eigenvalue weighted by molar-refractivity contribution is 6.01. The highest BCUT2D eigenvalue weighted by Crippen LogP contribution is 2.26. The van der Waals surface area contributed by atoms with Gasteiger partial charge in [-0.1, -0.05) is 54.6 Å². The summed E-state index contributed by atoms with van der Waals surface area (Å²) in [7, 11) is 0. The summed E-state index contributed by atoms with van der Waals surface area (Å²) < 4.78 is 18.3. The number of hydrogen-bond donors (Lipinski definition) is 0. The number of carbonyl (C=O) groups excluding carboxylic acids is 3. The smallest absolute Gasteiger partial charge is 0.311 e. The predicted octanol–water partition coefficient (Wildman–Crippen LogP) is 4.27. The number of amides is 1. The van der Waals surface area contributed by atoms with Crippen LogP contribution in [0.3, 0.4) is 0 Å². The molecule has 3 aromatic rings. The molecule has 1 aliphatic heterocycles. The lowest BCUT2D eigenvalue weighted by atomic mass is 10.0. The van der Waals surface area contributed by atoms with Gasteiger partial charge in [-0.15, -0.1) is 0 Å². The van der Waals surface area contributed by atoms with E-state index in [0.29, 0.717) is 11.3 Å². The molecule has 1 heterocycles. The number of ketones is 1. The van der Waals surface area contributed by atoms with Gasteiger partial charge >= 0.3 is 5.97 Å². The van der Waals surface area contributed by atoms with Crippen molar-refractivity contribution in [1.29, 1.82) is 0 Å². The highest BCUT2D eigenvalue weighted by Gasteiger charge is 2.36. The molecule has 0 spiro atoms. The first-order chi connectivity index (χ1) is 15.0. The van der Waals surface area contributed by atoms with Crippen LogP contribution in [-0.4, -0.2) is 30.8 Å². The molecule has 1 atom stereocenters. The van der Waals surface area contributed by atoms with Crippen LogP contribution in [0.2, 0.25) is 0 Å². The summed E-state index contributed by atoms with van der Waals surface area (Å²) in [5.41, 5.74) is 3.00. The highest BCUT2D eigenvalue weighted by atomic mass is 19.1. The van der Waals surface area contributed by atoms with Gasteiger partial charge in [-0.3, -0.25) is 14.4 Å². The Labute approximate surface area is 179 Å². The zero-order valence-electron chi connectivity index (χ0n) is 16.7. The third-order valence-electron chi connectivity index (χ3n) is 5.26. The van der Waals surface area contributed by atoms with Crippen molar-refractivity contribution in [3.05, 3.63) is 90.2 Å². The summed E-state index contributed by atoms with van der Waals surface area (Å²) >= 11 is 0. The second kappa shape index (κ2) is 8.92. The lowest BCUT2D eigenvalue weighted by Gasteiger charge is -2.16. The van der Waals surface area contributed by atoms with E-state index in [0.717, 1.165) is 11.1 Å². The molecule has 156 valence electrons. The fraction of sp³-hybridized carbons (Fsp3) is 0.160. The van der Waals surface area contributed by atoms with E-state index in [9.17, 15) is 18.8 Å². The number of ether oxygens (including phenoxy) is 1. The van der Waals surface area contributed by atoms with Crippen LogP contribution in [0.25, 0.3) is 11.1 Å². The largest absolute Gasteiger partial charge is 0.457 e. The molecule has 1 aliphatic rings. The third kappa shape index (κ3) is 4.69. The molecule has 1 amide bonds. The Hall–Kier alpha value is -3.80. The lowest BCUT2D eigenvalue weighted by Crippen LogP contribution is -2.27. The molecule has 0 N–H and O–H groups in total. The van der Waals surface area contributed by atoms with Crippen LogP contribution in [0.1, 0.15) is 16.8 Å². The van der Waals surface area contributed by atoms with Crippen molar-refractivity contribution >= 4 is 23.3 Å². The third-order valence-corrected chi connectivity index (χ3v) is 5.26. The molecule has 5 nitrogen and oxygen atoms in total. The van der Waals surface area contributed by atoms with E-state index in [1.807, 2.05) is 42.5 Å². The van der Waals surface area contributed by atoms with Gasteiger partial charge in [0.15, 0.2) is 12.4 Å². The molecule has 6 heteroatoms. The second-order valence-corrected chi connectivity index (χ2v) is 7.36. The van der Waals surface area contributed by atoms with Crippen molar-refractivity contribution in [2.24, 2.45) is 5.92 Å². The van der Waals surface area contributed by atoms with Crippen LogP contribution in [0.15, 0.2) is 78.9 Å². The Kier molecular flexibility index (Phi) is 5.89. The van der Waals surface area contributed by atoms with Gasteiger partial charge in [-0.2, -0.15) is 0 Å². The molecule has 1 fully saturated rings. The van der Waals surface area contributed by atoms with Crippen LogP contribution in [0.5, 0.6) is 0 Å². The van der Waals surface area contributed by atoms with Gasteiger partial charge in [0.05, 0.1) is 5.92 Å². The molecule has 0 saturated carbocycles. The van der Waals surface area contributed by atoms with E-state index in [1.165, 1.54) is 29.2 Å².